The fourth-order valence-electron chi connectivity index (χ4n) is 2.91. The van der Waals surface area contributed by atoms with Crippen molar-refractivity contribution < 1.29 is 4.79 Å². The van der Waals surface area contributed by atoms with Gasteiger partial charge in [0.05, 0.1) is 0 Å². The standard InChI is InChI=1S/C20H32N2O/c1-5-9-16-14-21-20(22-15-16)13-18(12-19(23)8-4)17(10-6-2)11-7-3/h12,14-15,17H,5-11,13H2,1-4H3/b18-12-. The van der Waals surface area contributed by atoms with Crippen molar-refractivity contribution in [3.05, 3.63) is 35.4 Å². The molecule has 1 heterocycles. The van der Waals surface area contributed by atoms with Crippen LogP contribution in [0.15, 0.2) is 24.0 Å². The van der Waals surface area contributed by atoms with Gasteiger partial charge in [-0.2, -0.15) is 0 Å². The second-order valence-corrected chi connectivity index (χ2v) is 6.25. The van der Waals surface area contributed by atoms with Crippen LogP contribution in [0.5, 0.6) is 0 Å². The molecule has 0 aliphatic heterocycles. The summed E-state index contributed by atoms with van der Waals surface area (Å²) in [4.78, 5) is 21.0. The highest BCUT2D eigenvalue weighted by atomic mass is 16.1. The molecule has 1 aromatic heterocycles. The Morgan fingerprint density at radius 3 is 2.13 bits per heavy atom. The molecule has 0 radical (unpaired) electrons. The Hall–Kier alpha value is -1.51. The van der Waals surface area contributed by atoms with Crippen molar-refractivity contribution >= 4 is 5.78 Å². The average molecular weight is 316 g/mol. The van der Waals surface area contributed by atoms with E-state index in [2.05, 4.69) is 30.7 Å². The van der Waals surface area contributed by atoms with Crippen LogP contribution in [0.1, 0.15) is 77.6 Å². The van der Waals surface area contributed by atoms with Gasteiger partial charge in [-0.1, -0.05) is 52.5 Å². The van der Waals surface area contributed by atoms with Gasteiger partial charge in [-0.3, -0.25) is 4.79 Å². The van der Waals surface area contributed by atoms with Crippen molar-refractivity contribution in [3.8, 4) is 0 Å². The first kappa shape index (κ1) is 19.5. The third-order valence-corrected chi connectivity index (χ3v) is 4.15. The normalized spacial score (nSPS) is 12.0. The average Bonchev–Trinajstić information content (AvgIpc) is 2.56. The lowest BCUT2D eigenvalue weighted by Gasteiger charge is -2.19. The van der Waals surface area contributed by atoms with Gasteiger partial charge in [-0.15, -0.1) is 0 Å². The van der Waals surface area contributed by atoms with Crippen LogP contribution in [-0.2, 0) is 17.6 Å². The summed E-state index contributed by atoms with van der Waals surface area (Å²) >= 11 is 0. The molecule has 0 bridgehead atoms. The monoisotopic (exact) mass is 316 g/mol. The highest BCUT2D eigenvalue weighted by Crippen LogP contribution is 2.25. The van der Waals surface area contributed by atoms with E-state index in [0.29, 0.717) is 18.8 Å². The lowest BCUT2D eigenvalue weighted by atomic mass is 9.87. The maximum Gasteiger partial charge on any atom is 0.155 e. The van der Waals surface area contributed by atoms with Crippen molar-refractivity contribution in [1.29, 1.82) is 0 Å². The van der Waals surface area contributed by atoms with Crippen LogP contribution in [0.3, 0.4) is 0 Å². The Morgan fingerprint density at radius 2 is 1.65 bits per heavy atom. The minimum absolute atomic E-state index is 0.208. The van der Waals surface area contributed by atoms with Crippen molar-refractivity contribution in [2.75, 3.05) is 0 Å². The third-order valence-electron chi connectivity index (χ3n) is 4.15. The number of aromatic nitrogens is 2. The Morgan fingerprint density at radius 1 is 1.04 bits per heavy atom. The van der Waals surface area contributed by atoms with Crippen LogP contribution >= 0.6 is 0 Å². The molecule has 0 saturated heterocycles. The summed E-state index contributed by atoms with van der Waals surface area (Å²) < 4.78 is 0. The molecular formula is C20H32N2O. The molecule has 0 saturated carbocycles. The zero-order valence-electron chi connectivity index (χ0n) is 15.3. The topological polar surface area (TPSA) is 42.9 Å². The fourth-order valence-corrected chi connectivity index (χ4v) is 2.91. The smallest absolute Gasteiger partial charge is 0.155 e. The van der Waals surface area contributed by atoms with E-state index in [4.69, 9.17) is 0 Å². The van der Waals surface area contributed by atoms with Crippen LogP contribution in [-0.4, -0.2) is 15.8 Å². The van der Waals surface area contributed by atoms with Gasteiger partial charge in [0.1, 0.15) is 5.82 Å². The van der Waals surface area contributed by atoms with Gasteiger partial charge in [0.2, 0.25) is 0 Å². The van der Waals surface area contributed by atoms with Gasteiger partial charge in [0, 0.05) is 25.2 Å². The molecule has 3 heteroatoms. The molecule has 0 spiro atoms. The molecule has 0 unspecified atom stereocenters. The molecule has 0 aliphatic rings. The summed E-state index contributed by atoms with van der Waals surface area (Å²) in [5.41, 5.74) is 2.40. The van der Waals surface area contributed by atoms with Gasteiger partial charge in [-0.05, 0) is 36.8 Å². The SMILES string of the molecule is CCCc1cnc(C/C(=C/C(=O)CC)C(CCC)CCC)nc1. The maximum atomic E-state index is 11.9. The molecule has 1 rings (SSSR count). The quantitative estimate of drug-likeness (QED) is 0.534. The lowest BCUT2D eigenvalue weighted by Crippen LogP contribution is -2.11. The predicted molar refractivity (Wildman–Crippen MR) is 96.4 cm³/mol. The number of hydrogen-bond donors (Lipinski definition) is 0. The van der Waals surface area contributed by atoms with Crippen molar-refractivity contribution in [3.63, 3.8) is 0 Å². The summed E-state index contributed by atoms with van der Waals surface area (Å²) in [5.74, 6) is 1.51. The molecule has 0 atom stereocenters. The fraction of sp³-hybridized carbons (Fsp3) is 0.650. The number of hydrogen-bond acceptors (Lipinski definition) is 3. The number of rotatable bonds is 11. The van der Waals surface area contributed by atoms with E-state index in [9.17, 15) is 4.79 Å². The zero-order valence-corrected chi connectivity index (χ0v) is 15.3. The highest BCUT2D eigenvalue weighted by Gasteiger charge is 2.16. The van der Waals surface area contributed by atoms with Gasteiger partial charge in [-0.25, -0.2) is 9.97 Å². The Kier molecular flexibility index (Phi) is 9.42. The number of nitrogens with zero attached hydrogens (tertiary/aromatic N) is 2. The number of carbonyl (C=O) groups excluding carboxylic acids is 1. The van der Waals surface area contributed by atoms with E-state index in [1.54, 1.807) is 0 Å². The Labute approximate surface area is 141 Å². The first-order valence-corrected chi connectivity index (χ1v) is 9.17. The number of allylic oxidation sites excluding steroid dienone is 2. The molecule has 0 N–H and O–H groups in total. The first-order chi connectivity index (χ1) is 11.1. The van der Waals surface area contributed by atoms with E-state index in [1.807, 2.05) is 25.4 Å². The van der Waals surface area contributed by atoms with Gasteiger partial charge < -0.3 is 0 Å². The minimum atomic E-state index is 0.208. The van der Waals surface area contributed by atoms with Crippen molar-refractivity contribution in [2.45, 2.75) is 79.1 Å². The summed E-state index contributed by atoms with van der Waals surface area (Å²) in [6.07, 6.45) is 13.6. The van der Waals surface area contributed by atoms with Crippen LogP contribution < -0.4 is 0 Å². The highest BCUT2D eigenvalue weighted by molar-refractivity contribution is 5.90. The first-order valence-electron chi connectivity index (χ1n) is 9.17. The lowest BCUT2D eigenvalue weighted by molar-refractivity contribution is -0.114. The Balaban J connectivity index is 2.94. The molecule has 23 heavy (non-hydrogen) atoms. The summed E-state index contributed by atoms with van der Waals surface area (Å²) in [7, 11) is 0. The molecule has 128 valence electrons. The largest absolute Gasteiger partial charge is 0.295 e. The van der Waals surface area contributed by atoms with Crippen LogP contribution in [0.25, 0.3) is 0 Å². The van der Waals surface area contributed by atoms with Crippen molar-refractivity contribution in [1.82, 2.24) is 9.97 Å². The minimum Gasteiger partial charge on any atom is -0.295 e. The second-order valence-electron chi connectivity index (χ2n) is 6.25. The van der Waals surface area contributed by atoms with E-state index in [-0.39, 0.29) is 5.78 Å². The van der Waals surface area contributed by atoms with Crippen LogP contribution in [0.2, 0.25) is 0 Å². The van der Waals surface area contributed by atoms with E-state index < -0.39 is 0 Å². The molecular weight excluding hydrogens is 284 g/mol. The number of carbonyl (C=O) groups is 1. The predicted octanol–water partition coefficient (Wildman–Crippen LogP) is 5.09. The van der Waals surface area contributed by atoms with E-state index in [1.165, 1.54) is 11.1 Å². The molecule has 0 aromatic carbocycles. The molecule has 1 aromatic rings. The van der Waals surface area contributed by atoms with Gasteiger partial charge in [0.25, 0.3) is 0 Å². The molecule has 3 nitrogen and oxygen atoms in total. The zero-order chi connectivity index (χ0) is 17.1. The Bertz CT molecular complexity index is 485. The molecule has 0 amide bonds. The third kappa shape index (κ3) is 7.06. The molecule has 0 aliphatic carbocycles. The van der Waals surface area contributed by atoms with Gasteiger partial charge in [0.15, 0.2) is 5.78 Å². The summed E-state index contributed by atoms with van der Waals surface area (Å²) in [6.45, 7) is 8.49. The van der Waals surface area contributed by atoms with E-state index in [0.717, 1.165) is 44.3 Å². The number of aryl methyl sites for hydroxylation is 1. The maximum absolute atomic E-state index is 11.9. The summed E-state index contributed by atoms with van der Waals surface area (Å²) in [6, 6.07) is 0. The number of ketones is 1. The van der Waals surface area contributed by atoms with Crippen LogP contribution in [0, 0.1) is 5.92 Å². The summed E-state index contributed by atoms with van der Waals surface area (Å²) in [5, 5.41) is 0. The van der Waals surface area contributed by atoms with Crippen LogP contribution in [0.4, 0.5) is 0 Å². The van der Waals surface area contributed by atoms with Crippen molar-refractivity contribution in [2.24, 2.45) is 5.92 Å². The molecule has 0 fully saturated rings. The van der Waals surface area contributed by atoms with Gasteiger partial charge >= 0.3 is 0 Å². The van der Waals surface area contributed by atoms with E-state index >= 15 is 0 Å². The second kappa shape index (κ2) is 11.1.